The number of carbonyl (C=O) groups is 1. The van der Waals surface area contributed by atoms with Gasteiger partial charge in [0.2, 0.25) is 5.91 Å². The van der Waals surface area contributed by atoms with E-state index in [1.54, 1.807) is 12.3 Å². The molecule has 1 aromatic heterocycles. The number of nitrogens with one attached hydrogen (secondary N) is 1. The minimum absolute atomic E-state index is 0.130. The number of carbonyl (C=O) groups excluding carboxylic acids is 1. The molecule has 3 N–H and O–H groups in total. The van der Waals surface area contributed by atoms with Gasteiger partial charge in [0.05, 0.1) is 0 Å². The predicted octanol–water partition coefficient (Wildman–Crippen LogP) is 1.10. The summed E-state index contributed by atoms with van der Waals surface area (Å²) in [5.74, 6) is 0.279. The van der Waals surface area contributed by atoms with Crippen LogP contribution in [-0.2, 0) is 11.3 Å². The molecule has 0 spiro atoms. The molecule has 0 aliphatic rings. The highest BCUT2D eigenvalue weighted by Crippen LogP contribution is 2.05. The van der Waals surface area contributed by atoms with Crippen LogP contribution in [0.15, 0.2) is 42.6 Å². The fourth-order valence-electron chi connectivity index (χ4n) is 1.33. The van der Waals surface area contributed by atoms with Crippen molar-refractivity contribution in [2.45, 2.75) is 6.54 Å². The van der Waals surface area contributed by atoms with Crippen LogP contribution in [0.25, 0.3) is 0 Å². The van der Waals surface area contributed by atoms with Crippen molar-refractivity contribution in [3.05, 3.63) is 42.6 Å². The van der Waals surface area contributed by atoms with E-state index in [2.05, 4.69) is 10.4 Å². The van der Waals surface area contributed by atoms with Crippen molar-refractivity contribution in [3.8, 4) is 0 Å². The largest absolute Gasteiger partial charge is 0.382 e. The summed E-state index contributed by atoms with van der Waals surface area (Å²) in [6.45, 7) is 0.159. The number of benzene rings is 1. The van der Waals surface area contributed by atoms with Gasteiger partial charge < -0.3 is 11.1 Å². The Kier molecular flexibility index (Phi) is 2.86. The summed E-state index contributed by atoms with van der Waals surface area (Å²) >= 11 is 0. The maximum atomic E-state index is 11.6. The van der Waals surface area contributed by atoms with Crippen molar-refractivity contribution in [1.29, 1.82) is 0 Å². The van der Waals surface area contributed by atoms with Crippen LogP contribution in [-0.4, -0.2) is 15.7 Å². The number of para-hydroxylation sites is 1. The first-order chi connectivity index (χ1) is 7.74. The molecule has 82 valence electrons. The highest BCUT2D eigenvalue weighted by Gasteiger charge is 2.03. The summed E-state index contributed by atoms with van der Waals surface area (Å²) in [5.41, 5.74) is 6.21. The number of nitrogens with two attached hydrogens (primary N) is 1. The standard InChI is InChI=1S/C11H12N4O/c12-10-6-7-15(14-10)8-11(16)13-9-4-2-1-3-5-9/h1-7H,8H2,(H2,12,14)(H,13,16). The highest BCUT2D eigenvalue weighted by atomic mass is 16.2. The lowest BCUT2D eigenvalue weighted by atomic mass is 10.3. The molecule has 0 fully saturated rings. The van der Waals surface area contributed by atoms with Gasteiger partial charge in [0.25, 0.3) is 0 Å². The molecule has 2 aromatic rings. The molecule has 2 rings (SSSR count). The molecule has 16 heavy (non-hydrogen) atoms. The Morgan fingerprint density at radius 1 is 1.31 bits per heavy atom. The van der Waals surface area contributed by atoms with E-state index in [4.69, 9.17) is 5.73 Å². The molecule has 0 saturated carbocycles. The van der Waals surface area contributed by atoms with Gasteiger partial charge >= 0.3 is 0 Å². The van der Waals surface area contributed by atoms with Crippen molar-refractivity contribution in [2.24, 2.45) is 0 Å². The normalized spacial score (nSPS) is 10.0. The first-order valence-electron chi connectivity index (χ1n) is 4.88. The highest BCUT2D eigenvalue weighted by molar-refractivity contribution is 5.90. The van der Waals surface area contributed by atoms with Crippen LogP contribution in [0.2, 0.25) is 0 Å². The first-order valence-corrected chi connectivity index (χ1v) is 4.88. The van der Waals surface area contributed by atoms with E-state index in [1.807, 2.05) is 30.3 Å². The lowest BCUT2D eigenvalue weighted by Crippen LogP contribution is -2.19. The van der Waals surface area contributed by atoms with Crippen LogP contribution in [0.4, 0.5) is 11.5 Å². The van der Waals surface area contributed by atoms with Crippen molar-refractivity contribution in [1.82, 2.24) is 9.78 Å². The van der Waals surface area contributed by atoms with Gasteiger partial charge in [0, 0.05) is 11.9 Å². The number of nitrogen functional groups attached to an aromatic ring is 1. The van der Waals surface area contributed by atoms with Crippen molar-refractivity contribution in [3.63, 3.8) is 0 Å². The summed E-state index contributed by atoms with van der Waals surface area (Å²) in [4.78, 5) is 11.6. The number of hydrogen-bond donors (Lipinski definition) is 2. The second kappa shape index (κ2) is 4.48. The van der Waals surface area contributed by atoms with Crippen molar-refractivity contribution in [2.75, 3.05) is 11.1 Å². The molecule has 0 aliphatic heterocycles. The molecule has 1 aromatic carbocycles. The molecule has 0 atom stereocenters. The van der Waals surface area contributed by atoms with Crippen molar-refractivity contribution >= 4 is 17.4 Å². The molecular formula is C11H12N4O. The average molecular weight is 216 g/mol. The minimum Gasteiger partial charge on any atom is -0.382 e. The molecule has 0 bridgehead atoms. The van der Waals surface area contributed by atoms with Crippen LogP contribution in [0.1, 0.15) is 0 Å². The second-order valence-corrected chi connectivity index (χ2v) is 3.35. The van der Waals surface area contributed by atoms with E-state index in [0.717, 1.165) is 5.69 Å². The van der Waals surface area contributed by atoms with Crippen LogP contribution in [0, 0.1) is 0 Å². The van der Waals surface area contributed by atoms with Gasteiger partial charge in [-0.25, -0.2) is 0 Å². The Morgan fingerprint density at radius 3 is 2.69 bits per heavy atom. The van der Waals surface area contributed by atoms with E-state index in [0.29, 0.717) is 5.82 Å². The third kappa shape index (κ3) is 2.60. The Balaban J connectivity index is 1.95. The number of anilines is 2. The van der Waals surface area contributed by atoms with Crippen LogP contribution in [0.5, 0.6) is 0 Å². The zero-order valence-corrected chi connectivity index (χ0v) is 8.63. The van der Waals surface area contributed by atoms with Gasteiger partial charge in [-0.1, -0.05) is 18.2 Å². The van der Waals surface area contributed by atoms with Gasteiger partial charge in [-0.15, -0.1) is 0 Å². The summed E-state index contributed by atoms with van der Waals surface area (Å²) < 4.78 is 1.49. The fourth-order valence-corrected chi connectivity index (χ4v) is 1.33. The molecular weight excluding hydrogens is 204 g/mol. The molecule has 1 amide bonds. The Morgan fingerprint density at radius 2 is 2.06 bits per heavy atom. The molecule has 1 heterocycles. The molecule has 0 saturated heterocycles. The number of amides is 1. The number of nitrogens with zero attached hydrogens (tertiary/aromatic N) is 2. The van der Waals surface area contributed by atoms with Crippen LogP contribution < -0.4 is 11.1 Å². The molecule has 0 radical (unpaired) electrons. The van der Waals surface area contributed by atoms with E-state index in [9.17, 15) is 4.79 Å². The third-order valence-electron chi connectivity index (χ3n) is 2.02. The molecule has 5 nitrogen and oxygen atoms in total. The van der Waals surface area contributed by atoms with Crippen LogP contribution in [0.3, 0.4) is 0 Å². The maximum absolute atomic E-state index is 11.6. The van der Waals surface area contributed by atoms with E-state index in [1.165, 1.54) is 4.68 Å². The molecule has 0 aliphatic carbocycles. The fraction of sp³-hybridized carbons (Fsp3) is 0.0909. The zero-order valence-electron chi connectivity index (χ0n) is 8.63. The number of aromatic nitrogens is 2. The topological polar surface area (TPSA) is 72.9 Å². The Bertz CT molecular complexity index is 478. The number of rotatable bonds is 3. The van der Waals surface area contributed by atoms with Gasteiger partial charge in [-0.2, -0.15) is 5.10 Å². The van der Waals surface area contributed by atoms with E-state index in [-0.39, 0.29) is 12.5 Å². The quantitative estimate of drug-likeness (QED) is 0.807. The Hall–Kier alpha value is -2.30. The number of hydrogen-bond acceptors (Lipinski definition) is 3. The molecule has 0 unspecified atom stereocenters. The van der Waals surface area contributed by atoms with Gasteiger partial charge in [-0.05, 0) is 18.2 Å². The third-order valence-corrected chi connectivity index (χ3v) is 2.02. The van der Waals surface area contributed by atoms with Gasteiger partial charge in [0.1, 0.15) is 12.4 Å². The van der Waals surface area contributed by atoms with Gasteiger partial charge in [0.15, 0.2) is 0 Å². The SMILES string of the molecule is Nc1ccn(CC(=O)Nc2ccccc2)n1. The average Bonchev–Trinajstić information content (AvgIpc) is 2.65. The lowest BCUT2D eigenvalue weighted by molar-refractivity contribution is -0.116. The summed E-state index contributed by atoms with van der Waals surface area (Å²) in [6, 6.07) is 10.9. The van der Waals surface area contributed by atoms with Crippen LogP contribution >= 0.6 is 0 Å². The predicted molar refractivity (Wildman–Crippen MR) is 61.7 cm³/mol. The minimum atomic E-state index is -0.130. The van der Waals surface area contributed by atoms with Crippen molar-refractivity contribution < 1.29 is 4.79 Å². The monoisotopic (exact) mass is 216 g/mol. The zero-order chi connectivity index (χ0) is 11.4. The summed E-state index contributed by atoms with van der Waals surface area (Å²) in [7, 11) is 0. The molecule has 5 heteroatoms. The smallest absolute Gasteiger partial charge is 0.246 e. The van der Waals surface area contributed by atoms with E-state index < -0.39 is 0 Å². The Labute approximate surface area is 92.9 Å². The summed E-state index contributed by atoms with van der Waals surface area (Å²) in [5, 5.41) is 6.68. The summed E-state index contributed by atoms with van der Waals surface area (Å²) in [6.07, 6.45) is 1.67. The lowest BCUT2D eigenvalue weighted by Gasteiger charge is -2.04. The maximum Gasteiger partial charge on any atom is 0.246 e. The van der Waals surface area contributed by atoms with E-state index >= 15 is 0 Å². The first kappa shape index (κ1) is 10.2. The van der Waals surface area contributed by atoms with Gasteiger partial charge in [-0.3, -0.25) is 9.48 Å². The second-order valence-electron chi connectivity index (χ2n) is 3.35.